The lowest BCUT2D eigenvalue weighted by molar-refractivity contribution is -0.121. The van der Waals surface area contributed by atoms with E-state index in [-0.39, 0.29) is 11.4 Å². The van der Waals surface area contributed by atoms with Gasteiger partial charge in [-0.1, -0.05) is 0 Å². The van der Waals surface area contributed by atoms with Crippen molar-refractivity contribution in [3.8, 4) is 0 Å². The van der Waals surface area contributed by atoms with Crippen LogP contribution in [0.5, 0.6) is 0 Å². The summed E-state index contributed by atoms with van der Waals surface area (Å²) in [7, 11) is 0. The Balaban J connectivity index is 1.91. The predicted octanol–water partition coefficient (Wildman–Crippen LogP) is 2.08. The van der Waals surface area contributed by atoms with Gasteiger partial charge in [-0.25, -0.2) is 0 Å². The first-order chi connectivity index (χ1) is 9.47. The molecule has 0 unspecified atom stereocenters. The minimum absolute atomic E-state index is 0.0555. The molecule has 114 valence electrons. The van der Waals surface area contributed by atoms with Crippen LogP contribution >= 0.6 is 0 Å². The molecule has 0 aliphatic rings. The standard InChI is InChI=1S/C15H26N2O3/c1-15(2,3)17-9-7-14(18)16-8-5-10-19-12-13-6-4-11-20-13/h4,6,11,17H,5,7-10,12H2,1-3H3,(H,16,18). The van der Waals surface area contributed by atoms with Gasteiger partial charge in [-0.15, -0.1) is 0 Å². The summed E-state index contributed by atoms with van der Waals surface area (Å²) in [5.74, 6) is 0.898. The van der Waals surface area contributed by atoms with E-state index in [4.69, 9.17) is 9.15 Å². The SMILES string of the molecule is CC(C)(C)NCCC(=O)NCCCOCc1ccco1. The molecule has 2 N–H and O–H groups in total. The van der Waals surface area contributed by atoms with Gasteiger partial charge in [0.05, 0.1) is 6.26 Å². The Morgan fingerprint density at radius 3 is 2.80 bits per heavy atom. The van der Waals surface area contributed by atoms with Gasteiger partial charge in [0.2, 0.25) is 5.91 Å². The van der Waals surface area contributed by atoms with Gasteiger partial charge < -0.3 is 19.8 Å². The number of rotatable bonds is 9. The number of nitrogens with one attached hydrogen (secondary N) is 2. The lowest BCUT2D eigenvalue weighted by Gasteiger charge is -2.20. The molecule has 0 spiro atoms. The van der Waals surface area contributed by atoms with Crippen molar-refractivity contribution in [3.05, 3.63) is 24.2 Å². The van der Waals surface area contributed by atoms with E-state index in [2.05, 4.69) is 31.4 Å². The van der Waals surface area contributed by atoms with Crippen molar-refractivity contribution in [2.45, 2.75) is 45.8 Å². The Hall–Kier alpha value is -1.33. The van der Waals surface area contributed by atoms with Crippen molar-refractivity contribution in [2.24, 2.45) is 0 Å². The number of carbonyl (C=O) groups is 1. The van der Waals surface area contributed by atoms with Crippen LogP contribution in [0.15, 0.2) is 22.8 Å². The fourth-order valence-corrected chi connectivity index (χ4v) is 1.61. The van der Waals surface area contributed by atoms with Crippen LogP contribution in [0.1, 0.15) is 39.4 Å². The number of carbonyl (C=O) groups excluding carboxylic acids is 1. The molecule has 1 aromatic heterocycles. The highest BCUT2D eigenvalue weighted by molar-refractivity contribution is 5.75. The van der Waals surface area contributed by atoms with Crippen LogP contribution in [-0.2, 0) is 16.1 Å². The van der Waals surface area contributed by atoms with E-state index in [1.54, 1.807) is 6.26 Å². The summed E-state index contributed by atoms with van der Waals surface area (Å²) in [5, 5.41) is 6.16. The van der Waals surface area contributed by atoms with Crippen LogP contribution in [0.25, 0.3) is 0 Å². The minimum Gasteiger partial charge on any atom is -0.467 e. The fourth-order valence-electron chi connectivity index (χ4n) is 1.61. The predicted molar refractivity (Wildman–Crippen MR) is 78.4 cm³/mol. The van der Waals surface area contributed by atoms with Gasteiger partial charge in [-0.05, 0) is 39.3 Å². The molecule has 5 heteroatoms. The van der Waals surface area contributed by atoms with Crippen LogP contribution in [0.4, 0.5) is 0 Å². The highest BCUT2D eigenvalue weighted by atomic mass is 16.5. The highest BCUT2D eigenvalue weighted by Crippen LogP contribution is 2.01. The molecule has 1 heterocycles. The van der Waals surface area contributed by atoms with Crippen molar-refractivity contribution in [3.63, 3.8) is 0 Å². The van der Waals surface area contributed by atoms with Crippen LogP contribution in [0.3, 0.4) is 0 Å². The molecule has 0 aliphatic heterocycles. The smallest absolute Gasteiger partial charge is 0.221 e. The number of hydrogen-bond donors (Lipinski definition) is 2. The lowest BCUT2D eigenvalue weighted by atomic mass is 10.1. The number of amides is 1. The topological polar surface area (TPSA) is 63.5 Å². The Labute approximate surface area is 121 Å². The van der Waals surface area contributed by atoms with Crippen molar-refractivity contribution >= 4 is 5.91 Å². The summed E-state index contributed by atoms with van der Waals surface area (Å²) in [5.41, 5.74) is 0.0555. The number of furan rings is 1. The summed E-state index contributed by atoms with van der Waals surface area (Å²) in [6.45, 7) is 8.69. The molecule has 0 aliphatic carbocycles. The van der Waals surface area contributed by atoms with Gasteiger partial charge in [-0.3, -0.25) is 4.79 Å². The van der Waals surface area contributed by atoms with Gasteiger partial charge in [0, 0.05) is 31.7 Å². The van der Waals surface area contributed by atoms with Crippen LogP contribution < -0.4 is 10.6 Å². The molecular weight excluding hydrogens is 256 g/mol. The maximum absolute atomic E-state index is 11.5. The van der Waals surface area contributed by atoms with Crippen molar-refractivity contribution in [1.82, 2.24) is 10.6 Å². The summed E-state index contributed by atoms with van der Waals surface area (Å²) in [6, 6.07) is 3.72. The van der Waals surface area contributed by atoms with Crippen LogP contribution in [0.2, 0.25) is 0 Å². The Bertz CT molecular complexity index is 369. The molecule has 0 radical (unpaired) electrons. The molecule has 1 rings (SSSR count). The van der Waals surface area contributed by atoms with E-state index in [0.717, 1.165) is 12.2 Å². The molecule has 1 aromatic rings. The summed E-state index contributed by atoms with van der Waals surface area (Å²) >= 11 is 0. The van der Waals surface area contributed by atoms with Crippen LogP contribution in [-0.4, -0.2) is 31.1 Å². The number of ether oxygens (including phenoxy) is 1. The van der Waals surface area contributed by atoms with E-state index in [9.17, 15) is 4.79 Å². The molecule has 20 heavy (non-hydrogen) atoms. The van der Waals surface area contributed by atoms with Crippen molar-refractivity contribution < 1.29 is 13.9 Å². The molecule has 0 bridgehead atoms. The summed E-state index contributed by atoms with van der Waals surface area (Å²) < 4.78 is 10.6. The molecule has 0 fully saturated rings. The third kappa shape index (κ3) is 8.72. The largest absolute Gasteiger partial charge is 0.467 e. The van der Waals surface area contributed by atoms with Gasteiger partial charge >= 0.3 is 0 Å². The zero-order valence-electron chi connectivity index (χ0n) is 12.7. The summed E-state index contributed by atoms with van der Waals surface area (Å²) in [4.78, 5) is 11.5. The third-order valence-electron chi connectivity index (χ3n) is 2.62. The Morgan fingerprint density at radius 2 is 2.15 bits per heavy atom. The fraction of sp³-hybridized carbons (Fsp3) is 0.667. The maximum Gasteiger partial charge on any atom is 0.221 e. The van der Waals surface area contributed by atoms with Gasteiger partial charge in [0.1, 0.15) is 12.4 Å². The average Bonchev–Trinajstić information content (AvgIpc) is 2.85. The minimum atomic E-state index is 0.0555. The second kappa shape index (κ2) is 8.76. The normalized spacial score (nSPS) is 11.6. The molecular formula is C15H26N2O3. The first-order valence-electron chi connectivity index (χ1n) is 7.09. The quantitative estimate of drug-likeness (QED) is 0.681. The second-order valence-corrected chi connectivity index (χ2v) is 5.76. The van der Waals surface area contributed by atoms with E-state index in [1.807, 2.05) is 12.1 Å². The van der Waals surface area contributed by atoms with E-state index in [1.165, 1.54) is 0 Å². The second-order valence-electron chi connectivity index (χ2n) is 5.76. The average molecular weight is 282 g/mol. The molecule has 1 amide bonds. The van der Waals surface area contributed by atoms with Crippen molar-refractivity contribution in [2.75, 3.05) is 19.7 Å². The van der Waals surface area contributed by atoms with E-state index < -0.39 is 0 Å². The molecule has 5 nitrogen and oxygen atoms in total. The highest BCUT2D eigenvalue weighted by Gasteiger charge is 2.09. The molecule has 0 aromatic carbocycles. The first kappa shape index (κ1) is 16.7. The monoisotopic (exact) mass is 282 g/mol. The summed E-state index contributed by atoms with van der Waals surface area (Å²) in [6.07, 6.45) is 2.94. The molecule has 0 saturated carbocycles. The Kier molecular flexibility index (Phi) is 7.33. The lowest BCUT2D eigenvalue weighted by Crippen LogP contribution is -2.38. The zero-order chi connectivity index (χ0) is 14.8. The van der Waals surface area contributed by atoms with Gasteiger partial charge in [0.25, 0.3) is 0 Å². The zero-order valence-corrected chi connectivity index (χ0v) is 12.7. The van der Waals surface area contributed by atoms with Gasteiger partial charge in [-0.2, -0.15) is 0 Å². The van der Waals surface area contributed by atoms with E-state index >= 15 is 0 Å². The van der Waals surface area contributed by atoms with Crippen molar-refractivity contribution in [1.29, 1.82) is 0 Å². The Morgan fingerprint density at radius 1 is 1.35 bits per heavy atom. The van der Waals surface area contributed by atoms with E-state index in [0.29, 0.717) is 32.7 Å². The number of hydrogen-bond acceptors (Lipinski definition) is 4. The maximum atomic E-state index is 11.5. The van der Waals surface area contributed by atoms with Crippen LogP contribution in [0, 0.1) is 0 Å². The molecule has 0 saturated heterocycles. The molecule has 0 atom stereocenters. The third-order valence-corrected chi connectivity index (χ3v) is 2.62. The first-order valence-corrected chi connectivity index (χ1v) is 7.09. The van der Waals surface area contributed by atoms with Gasteiger partial charge in [0.15, 0.2) is 0 Å².